The van der Waals surface area contributed by atoms with Gasteiger partial charge in [0.25, 0.3) is 0 Å². The van der Waals surface area contributed by atoms with Crippen molar-refractivity contribution in [3.05, 3.63) is 71.3 Å². The largest absolute Gasteiger partial charge is 0.354 e. The van der Waals surface area contributed by atoms with Crippen LogP contribution in [0.5, 0.6) is 0 Å². The van der Waals surface area contributed by atoms with Gasteiger partial charge in [-0.15, -0.1) is 0 Å². The number of carbonyl (C=O) groups excluding carboxylic acids is 1. The summed E-state index contributed by atoms with van der Waals surface area (Å²) in [5, 5.41) is 2.96. The molecule has 20 heavy (non-hydrogen) atoms. The van der Waals surface area contributed by atoms with Crippen molar-refractivity contribution in [1.82, 2.24) is 5.32 Å². The summed E-state index contributed by atoms with van der Waals surface area (Å²) in [6.45, 7) is 0.663. The Morgan fingerprint density at radius 1 is 1.15 bits per heavy atom. The molecule has 102 valence electrons. The fourth-order valence-corrected chi connectivity index (χ4v) is 2.69. The zero-order valence-electron chi connectivity index (χ0n) is 11.3. The third kappa shape index (κ3) is 2.45. The molecule has 2 atom stereocenters. The van der Waals surface area contributed by atoms with E-state index in [2.05, 4.69) is 23.5 Å². The topological polar surface area (TPSA) is 55.1 Å². The van der Waals surface area contributed by atoms with Crippen molar-refractivity contribution in [3.8, 4) is 0 Å². The molecule has 3 heteroatoms. The van der Waals surface area contributed by atoms with Crippen LogP contribution in [0, 0.1) is 0 Å². The van der Waals surface area contributed by atoms with Crippen LogP contribution in [-0.4, -0.2) is 12.5 Å². The maximum atomic E-state index is 12.1. The Kier molecular flexibility index (Phi) is 3.52. The Labute approximate surface area is 118 Å². The van der Waals surface area contributed by atoms with Gasteiger partial charge in [0.05, 0.1) is 0 Å². The maximum absolute atomic E-state index is 12.1. The summed E-state index contributed by atoms with van der Waals surface area (Å²) < 4.78 is 0. The van der Waals surface area contributed by atoms with Crippen LogP contribution in [0.2, 0.25) is 0 Å². The second-order valence-electron chi connectivity index (χ2n) is 5.23. The molecule has 1 amide bonds. The zero-order valence-corrected chi connectivity index (χ0v) is 11.3. The van der Waals surface area contributed by atoms with Gasteiger partial charge in [-0.05, 0) is 23.1 Å². The minimum Gasteiger partial charge on any atom is -0.354 e. The molecular formula is C17H18N2O. The lowest BCUT2D eigenvalue weighted by atomic mass is 9.77. The molecule has 0 spiro atoms. The molecule has 2 aromatic carbocycles. The molecular weight excluding hydrogens is 248 g/mol. The van der Waals surface area contributed by atoms with Crippen molar-refractivity contribution in [2.24, 2.45) is 5.73 Å². The number of hydrogen-bond acceptors (Lipinski definition) is 2. The molecule has 2 aromatic rings. The third-order valence-electron chi connectivity index (χ3n) is 3.93. The Morgan fingerprint density at radius 3 is 2.60 bits per heavy atom. The summed E-state index contributed by atoms with van der Waals surface area (Å²) in [4.78, 5) is 12.1. The lowest BCUT2D eigenvalue weighted by molar-refractivity contribution is -0.122. The van der Waals surface area contributed by atoms with Gasteiger partial charge in [-0.25, -0.2) is 0 Å². The molecule has 0 bridgehead atoms. The van der Waals surface area contributed by atoms with Gasteiger partial charge in [0.2, 0.25) is 5.91 Å². The molecule has 0 heterocycles. The monoisotopic (exact) mass is 266 g/mol. The first-order valence-corrected chi connectivity index (χ1v) is 6.92. The highest BCUT2D eigenvalue weighted by Crippen LogP contribution is 2.34. The normalized spacial score (nSPS) is 17.8. The highest BCUT2D eigenvalue weighted by molar-refractivity contribution is 5.83. The predicted octanol–water partition coefficient (Wildman–Crippen LogP) is 2.14. The minimum absolute atomic E-state index is 0.111. The van der Waals surface area contributed by atoms with Crippen molar-refractivity contribution in [2.75, 3.05) is 6.54 Å². The first-order valence-electron chi connectivity index (χ1n) is 6.92. The van der Waals surface area contributed by atoms with E-state index in [-0.39, 0.29) is 5.91 Å². The van der Waals surface area contributed by atoms with Gasteiger partial charge in [-0.1, -0.05) is 54.6 Å². The number of carbonyl (C=O) groups is 1. The molecule has 2 unspecified atom stereocenters. The number of nitrogens with one attached hydrogen (secondary N) is 1. The molecule has 0 radical (unpaired) electrons. The Bertz CT molecular complexity index is 609. The molecule has 3 N–H and O–H groups in total. The summed E-state index contributed by atoms with van der Waals surface area (Å²) in [6.07, 6.45) is 1.04. The Balaban J connectivity index is 1.56. The van der Waals surface area contributed by atoms with E-state index in [1.807, 2.05) is 36.4 Å². The predicted molar refractivity (Wildman–Crippen MR) is 79.3 cm³/mol. The standard InChI is InChI=1S/C17H18N2O/c18-16(12-6-2-1-3-7-12)17(20)19-11-14-10-13-8-4-5-9-15(13)14/h1-9,14,16H,10-11,18H2,(H,19,20). The molecule has 1 aliphatic rings. The summed E-state index contributed by atoms with van der Waals surface area (Å²) in [5.41, 5.74) is 9.55. The van der Waals surface area contributed by atoms with E-state index in [0.29, 0.717) is 12.5 Å². The Morgan fingerprint density at radius 2 is 1.85 bits per heavy atom. The SMILES string of the molecule is NC(C(=O)NCC1Cc2ccccc21)c1ccccc1. The maximum Gasteiger partial charge on any atom is 0.241 e. The highest BCUT2D eigenvalue weighted by Gasteiger charge is 2.26. The number of rotatable bonds is 4. The van der Waals surface area contributed by atoms with Crippen molar-refractivity contribution < 1.29 is 4.79 Å². The molecule has 0 saturated heterocycles. The fourth-order valence-electron chi connectivity index (χ4n) is 2.69. The van der Waals surface area contributed by atoms with Crippen molar-refractivity contribution in [3.63, 3.8) is 0 Å². The van der Waals surface area contributed by atoms with E-state index in [1.54, 1.807) is 0 Å². The van der Waals surface area contributed by atoms with Crippen LogP contribution in [0.4, 0.5) is 0 Å². The van der Waals surface area contributed by atoms with Crippen LogP contribution in [0.3, 0.4) is 0 Å². The molecule has 3 rings (SSSR count). The lowest BCUT2D eigenvalue weighted by Gasteiger charge is -2.30. The molecule has 3 nitrogen and oxygen atoms in total. The van der Waals surface area contributed by atoms with Gasteiger partial charge in [-0.3, -0.25) is 4.79 Å². The first kappa shape index (κ1) is 12.9. The van der Waals surface area contributed by atoms with Gasteiger partial charge >= 0.3 is 0 Å². The van der Waals surface area contributed by atoms with Crippen LogP contribution in [-0.2, 0) is 11.2 Å². The second kappa shape index (κ2) is 5.47. The second-order valence-corrected chi connectivity index (χ2v) is 5.23. The van der Waals surface area contributed by atoms with E-state index in [4.69, 9.17) is 5.73 Å². The van der Waals surface area contributed by atoms with Gasteiger partial charge in [0.1, 0.15) is 6.04 Å². The average Bonchev–Trinajstić information content (AvgIpc) is 2.48. The van der Waals surface area contributed by atoms with E-state index in [1.165, 1.54) is 11.1 Å². The summed E-state index contributed by atoms with van der Waals surface area (Å²) in [5.74, 6) is 0.318. The zero-order chi connectivity index (χ0) is 13.9. The number of hydrogen-bond donors (Lipinski definition) is 2. The van der Waals surface area contributed by atoms with Crippen molar-refractivity contribution >= 4 is 5.91 Å². The summed E-state index contributed by atoms with van der Waals surface area (Å²) in [6, 6.07) is 17.2. The number of fused-ring (bicyclic) bond motifs is 1. The van der Waals surface area contributed by atoms with Crippen molar-refractivity contribution in [1.29, 1.82) is 0 Å². The highest BCUT2D eigenvalue weighted by atomic mass is 16.2. The van der Waals surface area contributed by atoms with Crippen LogP contribution >= 0.6 is 0 Å². The van der Waals surface area contributed by atoms with E-state index < -0.39 is 6.04 Å². The number of nitrogens with two attached hydrogens (primary N) is 1. The average molecular weight is 266 g/mol. The number of benzene rings is 2. The quantitative estimate of drug-likeness (QED) is 0.891. The van der Waals surface area contributed by atoms with E-state index in [9.17, 15) is 4.79 Å². The first-order chi connectivity index (χ1) is 9.75. The minimum atomic E-state index is -0.591. The molecule has 0 aliphatic heterocycles. The molecule has 1 aliphatic carbocycles. The lowest BCUT2D eigenvalue weighted by Crippen LogP contribution is -2.38. The van der Waals surface area contributed by atoms with E-state index in [0.717, 1.165) is 12.0 Å². The third-order valence-corrected chi connectivity index (χ3v) is 3.93. The van der Waals surface area contributed by atoms with Crippen LogP contribution in [0.1, 0.15) is 28.7 Å². The van der Waals surface area contributed by atoms with E-state index >= 15 is 0 Å². The number of amides is 1. The van der Waals surface area contributed by atoms with Crippen LogP contribution < -0.4 is 11.1 Å². The smallest absolute Gasteiger partial charge is 0.241 e. The van der Waals surface area contributed by atoms with Crippen LogP contribution in [0.25, 0.3) is 0 Å². The van der Waals surface area contributed by atoms with Gasteiger partial charge in [-0.2, -0.15) is 0 Å². The van der Waals surface area contributed by atoms with Gasteiger partial charge in [0.15, 0.2) is 0 Å². The van der Waals surface area contributed by atoms with Gasteiger partial charge < -0.3 is 11.1 Å². The van der Waals surface area contributed by atoms with Crippen molar-refractivity contribution in [2.45, 2.75) is 18.4 Å². The summed E-state index contributed by atoms with van der Waals surface area (Å²) in [7, 11) is 0. The molecule has 0 aromatic heterocycles. The summed E-state index contributed by atoms with van der Waals surface area (Å²) >= 11 is 0. The molecule has 0 saturated carbocycles. The fraction of sp³-hybridized carbons (Fsp3) is 0.235. The van der Waals surface area contributed by atoms with Crippen LogP contribution in [0.15, 0.2) is 54.6 Å². The molecule has 0 fully saturated rings. The Hall–Kier alpha value is -2.13. The van der Waals surface area contributed by atoms with Gasteiger partial charge in [0, 0.05) is 12.5 Å².